The van der Waals surface area contributed by atoms with Crippen molar-refractivity contribution < 1.29 is 4.74 Å². The topological polar surface area (TPSA) is 21.3 Å². The van der Waals surface area contributed by atoms with Gasteiger partial charge in [0.1, 0.15) is 0 Å². The molecular formula is C6H11NO. The number of hydrogen-bond donors (Lipinski definition) is 1. The third kappa shape index (κ3) is 0.565. The third-order valence-corrected chi connectivity index (χ3v) is 2.09. The van der Waals surface area contributed by atoms with Gasteiger partial charge in [-0.05, 0) is 13.0 Å². The van der Waals surface area contributed by atoms with Gasteiger partial charge in [-0.2, -0.15) is 0 Å². The minimum absolute atomic E-state index is 0.573. The predicted molar refractivity (Wildman–Crippen MR) is 30.7 cm³/mol. The van der Waals surface area contributed by atoms with E-state index in [0.29, 0.717) is 6.10 Å². The van der Waals surface area contributed by atoms with Gasteiger partial charge in [-0.25, -0.2) is 0 Å². The van der Waals surface area contributed by atoms with E-state index in [1.54, 1.807) is 0 Å². The van der Waals surface area contributed by atoms with Gasteiger partial charge in [-0.1, -0.05) is 0 Å². The molecule has 0 saturated carbocycles. The lowest BCUT2D eigenvalue weighted by atomic mass is 9.91. The molecular weight excluding hydrogens is 102 g/mol. The monoisotopic (exact) mass is 113 g/mol. The smallest absolute Gasteiger partial charge is 0.0750 e. The van der Waals surface area contributed by atoms with Gasteiger partial charge in [-0.15, -0.1) is 0 Å². The van der Waals surface area contributed by atoms with Crippen molar-refractivity contribution in [2.45, 2.75) is 12.5 Å². The fourth-order valence-corrected chi connectivity index (χ4v) is 1.39. The molecule has 2 heterocycles. The van der Waals surface area contributed by atoms with E-state index < -0.39 is 0 Å². The van der Waals surface area contributed by atoms with Crippen molar-refractivity contribution >= 4 is 0 Å². The number of rotatable bonds is 0. The van der Waals surface area contributed by atoms with Crippen LogP contribution in [0.3, 0.4) is 0 Å². The quantitative estimate of drug-likeness (QED) is 0.477. The molecule has 2 atom stereocenters. The Hall–Kier alpha value is -0.0800. The molecule has 1 N–H and O–H groups in total. The summed E-state index contributed by atoms with van der Waals surface area (Å²) < 4.78 is 5.27. The van der Waals surface area contributed by atoms with E-state index in [4.69, 9.17) is 4.74 Å². The van der Waals surface area contributed by atoms with Crippen LogP contribution in [0.2, 0.25) is 0 Å². The maximum atomic E-state index is 5.27. The molecule has 0 aromatic rings. The maximum Gasteiger partial charge on any atom is 0.0750 e. The second-order valence-corrected chi connectivity index (χ2v) is 2.62. The summed E-state index contributed by atoms with van der Waals surface area (Å²) in [7, 11) is 0. The molecule has 0 spiro atoms. The average molecular weight is 113 g/mol. The Morgan fingerprint density at radius 3 is 2.88 bits per heavy atom. The lowest BCUT2D eigenvalue weighted by Crippen LogP contribution is -2.51. The Bertz CT molecular complexity index is 82.5. The molecule has 0 amide bonds. The van der Waals surface area contributed by atoms with Gasteiger partial charge >= 0.3 is 0 Å². The Morgan fingerprint density at radius 1 is 1.50 bits per heavy atom. The van der Waals surface area contributed by atoms with Crippen LogP contribution in [0.15, 0.2) is 0 Å². The first-order chi connectivity index (χ1) is 3.97. The minimum atomic E-state index is 0.573. The van der Waals surface area contributed by atoms with Gasteiger partial charge in [-0.3, -0.25) is 0 Å². The molecule has 2 saturated heterocycles. The SMILES string of the molecule is C1CC2COC2CN1. The zero-order valence-electron chi connectivity index (χ0n) is 4.89. The first kappa shape index (κ1) is 4.77. The van der Waals surface area contributed by atoms with Crippen LogP contribution in [0, 0.1) is 5.92 Å². The second-order valence-electron chi connectivity index (χ2n) is 2.62. The van der Waals surface area contributed by atoms with Crippen molar-refractivity contribution in [2.75, 3.05) is 19.7 Å². The highest BCUT2D eigenvalue weighted by molar-refractivity contribution is 4.84. The molecule has 2 fully saturated rings. The Labute approximate surface area is 49.2 Å². The van der Waals surface area contributed by atoms with Crippen molar-refractivity contribution in [1.29, 1.82) is 0 Å². The molecule has 2 heteroatoms. The molecule has 0 aliphatic carbocycles. The van der Waals surface area contributed by atoms with Gasteiger partial charge < -0.3 is 10.1 Å². The molecule has 46 valence electrons. The highest BCUT2D eigenvalue weighted by atomic mass is 16.5. The van der Waals surface area contributed by atoms with Gasteiger partial charge in [0.05, 0.1) is 12.7 Å². The van der Waals surface area contributed by atoms with Gasteiger partial charge in [0.15, 0.2) is 0 Å². The first-order valence-electron chi connectivity index (χ1n) is 3.29. The van der Waals surface area contributed by atoms with Crippen molar-refractivity contribution in [3.63, 3.8) is 0 Å². The lowest BCUT2D eigenvalue weighted by Gasteiger charge is -2.40. The zero-order chi connectivity index (χ0) is 5.40. The Balaban J connectivity index is 1.92. The molecule has 0 radical (unpaired) electrons. The van der Waals surface area contributed by atoms with E-state index in [2.05, 4.69) is 5.32 Å². The standard InChI is InChI=1S/C6H11NO/c1-2-7-3-6-5(1)4-8-6/h5-7H,1-4H2. The molecule has 8 heavy (non-hydrogen) atoms. The number of nitrogens with one attached hydrogen (secondary N) is 1. The van der Waals surface area contributed by atoms with Crippen LogP contribution in [0.5, 0.6) is 0 Å². The highest BCUT2D eigenvalue weighted by Gasteiger charge is 2.33. The molecule has 2 unspecified atom stereocenters. The van der Waals surface area contributed by atoms with Crippen LogP contribution < -0.4 is 5.32 Å². The first-order valence-corrected chi connectivity index (χ1v) is 3.29. The van der Waals surface area contributed by atoms with Crippen LogP contribution in [-0.2, 0) is 4.74 Å². The average Bonchev–Trinajstić information content (AvgIpc) is 1.72. The van der Waals surface area contributed by atoms with E-state index in [9.17, 15) is 0 Å². The molecule has 2 nitrogen and oxygen atoms in total. The second kappa shape index (κ2) is 1.71. The van der Waals surface area contributed by atoms with E-state index in [1.807, 2.05) is 0 Å². The summed E-state index contributed by atoms with van der Waals surface area (Å²) >= 11 is 0. The molecule has 0 bridgehead atoms. The summed E-state index contributed by atoms with van der Waals surface area (Å²) in [5.41, 5.74) is 0. The maximum absolute atomic E-state index is 5.27. The molecule has 0 aromatic heterocycles. The van der Waals surface area contributed by atoms with E-state index in [1.165, 1.54) is 13.0 Å². The summed E-state index contributed by atoms with van der Waals surface area (Å²) in [6, 6.07) is 0. The predicted octanol–water partition coefficient (Wildman–Crippen LogP) is -0.00530. The van der Waals surface area contributed by atoms with E-state index in [0.717, 1.165) is 19.1 Å². The van der Waals surface area contributed by atoms with Gasteiger partial charge in [0.2, 0.25) is 0 Å². The van der Waals surface area contributed by atoms with E-state index in [-0.39, 0.29) is 0 Å². The summed E-state index contributed by atoms with van der Waals surface area (Å²) in [6.07, 6.45) is 1.90. The van der Waals surface area contributed by atoms with Crippen LogP contribution in [0.25, 0.3) is 0 Å². The lowest BCUT2D eigenvalue weighted by molar-refractivity contribution is -0.125. The minimum Gasteiger partial charge on any atom is -0.376 e. The summed E-state index contributed by atoms with van der Waals surface area (Å²) in [4.78, 5) is 0. The van der Waals surface area contributed by atoms with Crippen LogP contribution in [0.1, 0.15) is 6.42 Å². The van der Waals surface area contributed by atoms with Crippen LogP contribution in [-0.4, -0.2) is 25.8 Å². The van der Waals surface area contributed by atoms with E-state index >= 15 is 0 Å². The van der Waals surface area contributed by atoms with Gasteiger partial charge in [0, 0.05) is 12.5 Å². The number of piperidine rings is 1. The molecule has 2 aliphatic rings. The normalized spacial score (nSPS) is 45.0. The number of fused-ring (bicyclic) bond motifs is 1. The molecule has 0 aromatic carbocycles. The van der Waals surface area contributed by atoms with Gasteiger partial charge in [0.25, 0.3) is 0 Å². The Kier molecular flexibility index (Phi) is 1.02. The van der Waals surface area contributed by atoms with Crippen molar-refractivity contribution in [1.82, 2.24) is 5.32 Å². The van der Waals surface area contributed by atoms with Crippen LogP contribution >= 0.6 is 0 Å². The number of ether oxygens (including phenoxy) is 1. The van der Waals surface area contributed by atoms with Crippen molar-refractivity contribution in [3.05, 3.63) is 0 Å². The molecule has 2 aliphatic heterocycles. The summed E-state index contributed by atoms with van der Waals surface area (Å²) in [6.45, 7) is 3.31. The fraction of sp³-hybridized carbons (Fsp3) is 1.00. The highest BCUT2D eigenvalue weighted by Crippen LogP contribution is 2.24. The number of hydrogen-bond acceptors (Lipinski definition) is 2. The Morgan fingerprint density at radius 2 is 2.50 bits per heavy atom. The zero-order valence-corrected chi connectivity index (χ0v) is 4.89. The largest absolute Gasteiger partial charge is 0.376 e. The molecule has 2 rings (SSSR count). The van der Waals surface area contributed by atoms with Crippen molar-refractivity contribution in [2.24, 2.45) is 5.92 Å². The van der Waals surface area contributed by atoms with Crippen LogP contribution in [0.4, 0.5) is 0 Å². The van der Waals surface area contributed by atoms with Crippen molar-refractivity contribution in [3.8, 4) is 0 Å². The summed E-state index contributed by atoms with van der Waals surface area (Å²) in [5.74, 6) is 0.899. The summed E-state index contributed by atoms with van der Waals surface area (Å²) in [5, 5.41) is 3.29. The third-order valence-electron chi connectivity index (χ3n) is 2.09. The fourth-order valence-electron chi connectivity index (χ4n) is 1.39.